The number of benzene rings is 2. The zero-order valence-electron chi connectivity index (χ0n) is 18.6. The predicted octanol–water partition coefficient (Wildman–Crippen LogP) is 1.07. The molecule has 0 atom stereocenters. The second kappa shape index (κ2) is 9.97. The summed E-state index contributed by atoms with van der Waals surface area (Å²) in [4.78, 5) is 18.9. The SMILES string of the molecule is N#Cc1ccc(N2CCN(C(=O)Cc3cc(S(N)(=O)=O)ccc3N3CCOCC3)CC2)cc1F. The van der Waals surface area contributed by atoms with Gasteiger partial charge < -0.3 is 19.4 Å². The number of piperazine rings is 1. The Balaban J connectivity index is 1.47. The molecule has 0 bridgehead atoms. The average Bonchev–Trinajstić information content (AvgIpc) is 2.84. The summed E-state index contributed by atoms with van der Waals surface area (Å²) in [5, 5.41) is 14.2. The van der Waals surface area contributed by atoms with Crippen LogP contribution < -0.4 is 14.9 Å². The lowest BCUT2D eigenvalue weighted by Crippen LogP contribution is -2.49. The Morgan fingerprint density at radius 2 is 1.74 bits per heavy atom. The molecule has 0 spiro atoms. The van der Waals surface area contributed by atoms with Gasteiger partial charge in [-0.3, -0.25) is 4.79 Å². The van der Waals surface area contributed by atoms with Gasteiger partial charge >= 0.3 is 0 Å². The van der Waals surface area contributed by atoms with Crippen LogP contribution in [0, 0.1) is 17.1 Å². The molecule has 2 saturated heterocycles. The minimum atomic E-state index is -3.91. The summed E-state index contributed by atoms with van der Waals surface area (Å²) in [6, 6.07) is 10.9. The fourth-order valence-corrected chi connectivity index (χ4v) is 4.84. The first-order valence-corrected chi connectivity index (χ1v) is 12.5. The number of primary sulfonamides is 1. The van der Waals surface area contributed by atoms with Crippen molar-refractivity contribution in [1.29, 1.82) is 5.26 Å². The summed E-state index contributed by atoms with van der Waals surface area (Å²) in [5.41, 5.74) is 2.07. The van der Waals surface area contributed by atoms with Crippen molar-refractivity contribution in [2.24, 2.45) is 5.14 Å². The van der Waals surface area contributed by atoms with Crippen LogP contribution in [0.1, 0.15) is 11.1 Å². The van der Waals surface area contributed by atoms with Gasteiger partial charge in [0.1, 0.15) is 11.9 Å². The molecule has 2 aromatic rings. The first-order valence-electron chi connectivity index (χ1n) is 11.0. The van der Waals surface area contributed by atoms with E-state index in [1.807, 2.05) is 11.0 Å². The molecule has 9 nitrogen and oxygen atoms in total. The molecule has 2 fully saturated rings. The number of carbonyl (C=O) groups excluding carboxylic acids is 1. The Morgan fingerprint density at radius 1 is 1.03 bits per heavy atom. The molecular formula is C23H26FN5O4S. The maximum absolute atomic E-state index is 14.0. The van der Waals surface area contributed by atoms with Crippen LogP contribution in [0.2, 0.25) is 0 Å². The molecular weight excluding hydrogens is 461 g/mol. The van der Waals surface area contributed by atoms with Gasteiger partial charge in [0.15, 0.2) is 0 Å². The number of rotatable bonds is 5. The second-order valence-corrected chi connectivity index (χ2v) is 9.82. The number of halogens is 1. The number of carbonyl (C=O) groups is 1. The summed E-state index contributed by atoms with van der Waals surface area (Å²) >= 11 is 0. The Kier molecular flexibility index (Phi) is 7.02. The summed E-state index contributed by atoms with van der Waals surface area (Å²) in [7, 11) is -3.91. The van der Waals surface area contributed by atoms with Gasteiger partial charge in [-0.1, -0.05) is 0 Å². The molecule has 11 heteroatoms. The molecule has 180 valence electrons. The van der Waals surface area contributed by atoms with E-state index in [0.717, 1.165) is 5.69 Å². The lowest BCUT2D eigenvalue weighted by molar-refractivity contribution is -0.130. The highest BCUT2D eigenvalue weighted by atomic mass is 32.2. The third kappa shape index (κ3) is 5.30. The van der Waals surface area contributed by atoms with E-state index in [4.69, 9.17) is 15.1 Å². The molecule has 2 aromatic carbocycles. The van der Waals surface area contributed by atoms with Gasteiger partial charge in [-0.15, -0.1) is 0 Å². The highest BCUT2D eigenvalue weighted by Gasteiger charge is 2.25. The number of hydrogen-bond donors (Lipinski definition) is 1. The molecule has 1 amide bonds. The summed E-state index contributed by atoms with van der Waals surface area (Å²) in [6.45, 7) is 4.34. The Labute approximate surface area is 198 Å². The number of ether oxygens (including phenoxy) is 1. The quantitative estimate of drug-likeness (QED) is 0.670. The zero-order chi connectivity index (χ0) is 24.3. The van der Waals surface area contributed by atoms with Crippen molar-refractivity contribution in [1.82, 2.24) is 4.90 Å². The number of nitriles is 1. The molecule has 0 aromatic heterocycles. The minimum Gasteiger partial charge on any atom is -0.378 e. The molecule has 0 saturated carbocycles. The van der Waals surface area contributed by atoms with Crippen LogP contribution in [0.3, 0.4) is 0 Å². The van der Waals surface area contributed by atoms with Crippen LogP contribution in [-0.4, -0.2) is 71.7 Å². The molecule has 2 heterocycles. The summed E-state index contributed by atoms with van der Waals surface area (Å²) in [5.74, 6) is -0.685. The topological polar surface area (TPSA) is 120 Å². The van der Waals surface area contributed by atoms with Crippen molar-refractivity contribution in [3.63, 3.8) is 0 Å². The van der Waals surface area contributed by atoms with E-state index in [1.165, 1.54) is 24.3 Å². The minimum absolute atomic E-state index is 0.00430. The lowest BCUT2D eigenvalue weighted by atomic mass is 10.1. The average molecular weight is 488 g/mol. The van der Waals surface area contributed by atoms with E-state index in [9.17, 15) is 17.6 Å². The van der Waals surface area contributed by atoms with Crippen molar-refractivity contribution in [3.8, 4) is 6.07 Å². The largest absolute Gasteiger partial charge is 0.378 e. The standard InChI is InChI=1S/C23H26FN5O4S/c24-21-15-19(2-1-17(21)16-25)27-5-7-29(8-6-27)23(30)14-18-13-20(34(26,31)32)3-4-22(18)28-9-11-33-12-10-28/h1-4,13,15H,5-12,14H2,(H2,26,31,32). The Morgan fingerprint density at radius 3 is 2.35 bits per heavy atom. The molecule has 0 radical (unpaired) electrons. The molecule has 4 rings (SSSR count). The maximum atomic E-state index is 14.0. The number of nitrogens with zero attached hydrogens (tertiary/aromatic N) is 4. The van der Waals surface area contributed by atoms with Gasteiger partial charge in [-0.25, -0.2) is 17.9 Å². The van der Waals surface area contributed by atoms with E-state index in [-0.39, 0.29) is 22.8 Å². The van der Waals surface area contributed by atoms with Gasteiger partial charge in [0.25, 0.3) is 0 Å². The van der Waals surface area contributed by atoms with Crippen LogP contribution in [0.4, 0.5) is 15.8 Å². The van der Waals surface area contributed by atoms with E-state index in [1.54, 1.807) is 17.0 Å². The highest BCUT2D eigenvalue weighted by Crippen LogP contribution is 2.26. The smallest absolute Gasteiger partial charge is 0.238 e. The zero-order valence-corrected chi connectivity index (χ0v) is 19.4. The van der Waals surface area contributed by atoms with E-state index in [0.29, 0.717) is 63.7 Å². The van der Waals surface area contributed by atoms with Crippen molar-refractivity contribution in [3.05, 3.63) is 53.3 Å². The van der Waals surface area contributed by atoms with Crippen LogP contribution in [-0.2, 0) is 26.0 Å². The Hall–Kier alpha value is -3.20. The molecule has 0 aliphatic carbocycles. The van der Waals surface area contributed by atoms with Crippen LogP contribution in [0.15, 0.2) is 41.3 Å². The van der Waals surface area contributed by atoms with Gasteiger partial charge in [-0.05, 0) is 42.0 Å². The van der Waals surface area contributed by atoms with Gasteiger partial charge in [-0.2, -0.15) is 5.26 Å². The van der Waals surface area contributed by atoms with Gasteiger partial charge in [0, 0.05) is 50.6 Å². The van der Waals surface area contributed by atoms with Crippen molar-refractivity contribution in [2.45, 2.75) is 11.3 Å². The van der Waals surface area contributed by atoms with E-state index in [2.05, 4.69) is 4.90 Å². The number of anilines is 2. The number of nitrogens with two attached hydrogens (primary N) is 1. The second-order valence-electron chi connectivity index (χ2n) is 8.26. The first-order chi connectivity index (χ1) is 16.3. The lowest BCUT2D eigenvalue weighted by Gasteiger charge is -2.36. The van der Waals surface area contributed by atoms with E-state index < -0.39 is 15.8 Å². The third-order valence-electron chi connectivity index (χ3n) is 6.14. The molecule has 0 unspecified atom stereocenters. The van der Waals surface area contributed by atoms with Crippen LogP contribution >= 0.6 is 0 Å². The maximum Gasteiger partial charge on any atom is 0.238 e. The fourth-order valence-electron chi connectivity index (χ4n) is 4.27. The summed E-state index contributed by atoms with van der Waals surface area (Å²) in [6.07, 6.45) is 0.0432. The van der Waals surface area contributed by atoms with Gasteiger partial charge in [0.05, 0.1) is 30.1 Å². The Bertz CT molecular complexity index is 1220. The molecule has 34 heavy (non-hydrogen) atoms. The fraction of sp³-hybridized carbons (Fsp3) is 0.391. The number of morpholine rings is 1. The van der Waals surface area contributed by atoms with E-state index >= 15 is 0 Å². The summed E-state index contributed by atoms with van der Waals surface area (Å²) < 4.78 is 43.2. The normalized spacial score (nSPS) is 16.9. The first kappa shape index (κ1) is 23.9. The monoisotopic (exact) mass is 487 g/mol. The van der Waals surface area contributed by atoms with Gasteiger partial charge in [0.2, 0.25) is 15.9 Å². The predicted molar refractivity (Wildman–Crippen MR) is 124 cm³/mol. The number of hydrogen-bond acceptors (Lipinski definition) is 7. The molecule has 2 aliphatic heterocycles. The van der Waals surface area contributed by atoms with Crippen molar-refractivity contribution < 1.29 is 22.3 Å². The molecule has 2 aliphatic rings. The molecule has 2 N–H and O–H groups in total. The van der Waals surface area contributed by atoms with Crippen molar-refractivity contribution in [2.75, 3.05) is 62.3 Å². The number of sulfonamides is 1. The van der Waals surface area contributed by atoms with Crippen LogP contribution in [0.25, 0.3) is 0 Å². The highest BCUT2D eigenvalue weighted by molar-refractivity contribution is 7.89. The number of amides is 1. The third-order valence-corrected chi connectivity index (χ3v) is 7.05. The van der Waals surface area contributed by atoms with Crippen molar-refractivity contribution >= 4 is 27.3 Å². The van der Waals surface area contributed by atoms with Crippen LogP contribution in [0.5, 0.6) is 0 Å².